The Morgan fingerprint density at radius 2 is 2.33 bits per heavy atom. The molecule has 108 valence electrons. The van der Waals surface area contributed by atoms with E-state index in [0.717, 1.165) is 16.3 Å². The van der Waals surface area contributed by atoms with Crippen molar-refractivity contribution in [2.24, 2.45) is 0 Å². The number of furan rings is 1. The smallest absolute Gasteiger partial charge is 0.231 e. The molecule has 3 rings (SSSR count). The highest BCUT2D eigenvalue weighted by atomic mass is 32.1. The van der Waals surface area contributed by atoms with Gasteiger partial charge in [-0.15, -0.1) is 11.3 Å². The number of nitrogens with zero attached hydrogens (tertiary/aromatic N) is 2. The topological polar surface area (TPSA) is 83.8 Å². The average molecular weight is 302 g/mol. The molecular formula is C14H14N4O2S. The molecule has 3 heterocycles. The van der Waals surface area contributed by atoms with Crippen LogP contribution in [0.4, 0.5) is 5.82 Å². The molecule has 0 bridgehead atoms. The van der Waals surface area contributed by atoms with Crippen molar-refractivity contribution < 1.29 is 9.21 Å². The number of H-pyrrole nitrogens is 1. The number of hydrogen-bond acceptors (Lipinski definition) is 5. The van der Waals surface area contributed by atoms with E-state index in [2.05, 4.69) is 20.5 Å². The predicted molar refractivity (Wildman–Crippen MR) is 80.2 cm³/mol. The monoisotopic (exact) mass is 302 g/mol. The quantitative estimate of drug-likeness (QED) is 0.776. The van der Waals surface area contributed by atoms with E-state index in [0.29, 0.717) is 17.3 Å². The highest BCUT2D eigenvalue weighted by Crippen LogP contribution is 2.24. The Hall–Kier alpha value is -2.41. The van der Waals surface area contributed by atoms with Crippen LogP contribution in [0.25, 0.3) is 10.8 Å². The minimum absolute atomic E-state index is 0.138. The number of rotatable bonds is 4. The van der Waals surface area contributed by atoms with E-state index in [1.807, 2.05) is 31.4 Å². The van der Waals surface area contributed by atoms with Crippen molar-refractivity contribution in [1.29, 1.82) is 0 Å². The van der Waals surface area contributed by atoms with Crippen LogP contribution in [-0.4, -0.2) is 21.1 Å². The molecule has 0 fully saturated rings. The lowest BCUT2D eigenvalue weighted by molar-refractivity contribution is -0.115. The molecule has 2 N–H and O–H groups in total. The number of hydrogen-bond donors (Lipinski definition) is 2. The van der Waals surface area contributed by atoms with Crippen molar-refractivity contribution in [3.8, 4) is 10.8 Å². The van der Waals surface area contributed by atoms with Gasteiger partial charge in [-0.1, -0.05) is 0 Å². The third-order valence-electron chi connectivity index (χ3n) is 3.14. The summed E-state index contributed by atoms with van der Waals surface area (Å²) in [7, 11) is 0. The summed E-state index contributed by atoms with van der Waals surface area (Å²) in [5, 5.41) is 12.3. The second-order valence-corrected chi connectivity index (χ2v) is 5.53. The highest BCUT2D eigenvalue weighted by Gasteiger charge is 2.13. The lowest BCUT2D eigenvalue weighted by atomic mass is 10.2. The molecule has 1 amide bonds. The number of nitrogens with one attached hydrogen (secondary N) is 2. The SMILES string of the molecule is Cc1[nH]nc(NC(=O)Cc2csc(-c3ccco3)n2)c1C. The molecule has 0 unspecified atom stereocenters. The first-order valence-corrected chi connectivity index (χ1v) is 7.31. The minimum Gasteiger partial charge on any atom is -0.462 e. The maximum atomic E-state index is 12.0. The summed E-state index contributed by atoms with van der Waals surface area (Å²) in [4.78, 5) is 16.4. The van der Waals surface area contributed by atoms with E-state index in [1.54, 1.807) is 6.26 Å². The largest absolute Gasteiger partial charge is 0.462 e. The zero-order valence-corrected chi connectivity index (χ0v) is 12.5. The summed E-state index contributed by atoms with van der Waals surface area (Å²) in [5.41, 5.74) is 2.60. The van der Waals surface area contributed by atoms with E-state index in [1.165, 1.54) is 11.3 Å². The fourth-order valence-corrected chi connectivity index (χ4v) is 2.64. The number of carbonyl (C=O) groups is 1. The molecule has 0 aliphatic rings. The second-order valence-electron chi connectivity index (χ2n) is 4.67. The summed E-state index contributed by atoms with van der Waals surface area (Å²) >= 11 is 1.46. The van der Waals surface area contributed by atoms with Crippen LogP contribution < -0.4 is 5.32 Å². The van der Waals surface area contributed by atoms with Gasteiger partial charge in [0.15, 0.2) is 16.6 Å². The molecule has 7 heteroatoms. The number of carbonyl (C=O) groups excluding carboxylic acids is 1. The Labute approximate surface area is 125 Å². The molecule has 0 saturated carbocycles. The van der Waals surface area contributed by atoms with Crippen LogP contribution in [0, 0.1) is 13.8 Å². The first kappa shape index (κ1) is 13.6. The van der Waals surface area contributed by atoms with Crippen LogP contribution in [-0.2, 0) is 11.2 Å². The Kier molecular flexibility index (Phi) is 3.57. The summed E-state index contributed by atoms with van der Waals surface area (Å²) in [6, 6.07) is 3.66. The van der Waals surface area contributed by atoms with E-state index in [9.17, 15) is 4.79 Å². The molecule has 0 saturated heterocycles. The van der Waals surface area contributed by atoms with Gasteiger partial charge < -0.3 is 9.73 Å². The number of aromatic nitrogens is 3. The third-order valence-corrected chi connectivity index (χ3v) is 4.04. The van der Waals surface area contributed by atoms with E-state index >= 15 is 0 Å². The van der Waals surface area contributed by atoms with Gasteiger partial charge in [0, 0.05) is 16.6 Å². The molecule has 0 spiro atoms. The van der Waals surface area contributed by atoms with E-state index in [4.69, 9.17) is 4.42 Å². The molecule has 0 aromatic carbocycles. The van der Waals surface area contributed by atoms with Gasteiger partial charge in [0.05, 0.1) is 18.4 Å². The average Bonchev–Trinajstić information content (AvgIpc) is 3.16. The van der Waals surface area contributed by atoms with Crippen molar-refractivity contribution >= 4 is 23.1 Å². The van der Waals surface area contributed by atoms with E-state index < -0.39 is 0 Å². The minimum atomic E-state index is -0.138. The molecule has 3 aromatic rings. The molecule has 0 aliphatic carbocycles. The standard InChI is InChI=1S/C14H14N4O2S/c1-8-9(2)17-18-13(8)16-12(19)6-10-7-21-14(15-10)11-4-3-5-20-11/h3-5,7H,6H2,1-2H3,(H2,16,17,18,19). The Morgan fingerprint density at radius 1 is 1.48 bits per heavy atom. The predicted octanol–water partition coefficient (Wildman–Crippen LogP) is 2.92. The van der Waals surface area contributed by atoms with E-state index in [-0.39, 0.29) is 12.3 Å². The number of amides is 1. The van der Waals surface area contributed by atoms with Crippen LogP contribution in [0.2, 0.25) is 0 Å². The van der Waals surface area contributed by atoms with Crippen molar-refractivity contribution in [3.05, 3.63) is 40.7 Å². The van der Waals surface area contributed by atoms with Crippen LogP contribution in [0.15, 0.2) is 28.2 Å². The molecule has 0 atom stereocenters. The third kappa shape index (κ3) is 2.87. The van der Waals surface area contributed by atoms with Gasteiger partial charge in [0.25, 0.3) is 0 Å². The second kappa shape index (κ2) is 5.53. The summed E-state index contributed by atoms with van der Waals surface area (Å²) in [6.45, 7) is 3.82. The van der Waals surface area contributed by atoms with Crippen molar-refractivity contribution in [2.45, 2.75) is 20.3 Å². The first-order chi connectivity index (χ1) is 10.1. The molecule has 3 aromatic heterocycles. The maximum absolute atomic E-state index is 12.0. The van der Waals surface area contributed by atoms with Crippen LogP contribution in [0.1, 0.15) is 17.0 Å². The van der Waals surface area contributed by atoms with Gasteiger partial charge >= 0.3 is 0 Å². The number of aryl methyl sites for hydroxylation is 1. The molecule has 0 aliphatic heterocycles. The summed E-state index contributed by atoms with van der Waals surface area (Å²) in [6.07, 6.45) is 1.81. The fraction of sp³-hybridized carbons (Fsp3) is 0.214. The molecule has 21 heavy (non-hydrogen) atoms. The van der Waals surface area contributed by atoms with Gasteiger partial charge in [-0.3, -0.25) is 9.89 Å². The first-order valence-electron chi connectivity index (χ1n) is 6.43. The van der Waals surface area contributed by atoms with Crippen molar-refractivity contribution in [1.82, 2.24) is 15.2 Å². The Balaban J connectivity index is 1.67. The lowest BCUT2D eigenvalue weighted by Crippen LogP contribution is -2.15. The Morgan fingerprint density at radius 3 is 3.00 bits per heavy atom. The molecule has 0 radical (unpaired) electrons. The zero-order chi connectivity index (χ0) is 14.8. The van der Waals surface area contributed by atoms with Crippen molar-refractivity contribution in [2.75, 3.05) is 5.32 Å². The van der Waals surface area contributed by atoms with Gasteiger partial charge in [-0.2, -0.15) is 5.10 Å². The Bertz CT molecular complexity index is 758. The van der Waals surface area contributed by atoms with Crippen LogP contribution >= 0.6 is 11.3 Å². The highest BCUT2D eigenvalue weighted by molar-refractivity contribution is 7.13. The normalized spacial score (nSPS) is 10.8. The van der Waals surface area contributed by atoms with Crippen LogP contribution in [0.5, 0.6) is 0 Å². The van der Waals surface area contributed by atoms with Gasteiger partial charge in [0.2, 0.25) is 5.91 Å². The van der Waals surface area contributed by atoms with Crippen LogP contribution in [0.3, 0.4) is 0 Å². The number of aromatic amines is 1. The number of thiazole rings is 1. The summed E-state index contributed by atoms with van der Waals surface area (Å²) < 4.78 is 5.29. The fourth-order valence-electron chi connectivity index (χ4n) is 1.85. The van der Waals surface area contributed by atoms with Gasteiger partial charge in [-0.25, -0.2) is 4.98 Å². The molecule has 6 nitrogen and oxygen atoms in total. The molecular weight excluding hydrogens is 288 g/mol. The van der Waals surface area contributed by atoms with Gasteiger partial charge in [-0.05, 0) is 26.0 Å². The van der Waals surface area contributed by atoms with Crippen molar-refractivity contribution in [3.63, 3.8) is 0 Å². The van der Waals surface area contributed by atoms with Gasteiger partial charge in [0.1, 0.15) is 0 Å². The maximum Gasteiger partial charge on any atom is 0.231 e. The lowest BCUT2D eigenvalue weighted by Gasteiger charge is -2.01. The number of anilines is 1. The zero-order valence-electron chi connectivity index (χ0n) is 11.6. The summed E-state index contributed by atoms with van der Waals surface area (Å²) in [5.74, 6) is 1.14.